The molecule has 1 aliphatic rings. The van der Waals surface area contributed by atoms with Crippen molar-refractivity contribution in [2.24, 2.45) is 12.5 Å². The zero-order valence-corrected chi connectivity index (χ0v) is 18.9. The molecule has 3 aromatic heterocycles. The number of hydrogen-bond donors (Lipinski definition) is 2. The number of rotatable bonds is 7. The van der Waals surface area contributed by atoms with Crippen molar-refractivity contribution in [3.63, 3.8) is 0 Å². The lowest BCUT2D eigenvalue weighted by Crippen LogP contribution is -2.30. The molecule has 10 nitrogen and oxygen atoms in total. The molecule has 1 saturated carbocycles. The summed E-state index contributed by atoms with van der Waals surface area (Å²) in [4.78, 5) is 32.8. The Morgan fingerprint density at radius 3 is 2.59 bits per heavy atom. The summed E-state index contributed by atoms with van der Waals surface area (Å²) in [6, 6.07) is 6.40. The quantitative estimate of drug-likeness (QED) is 0.474. The molecule has 0 radical (unpaired) electrons. The third kappa shape index (κ3) is 4.67. The second-order valence-corrected chi connectivity index (χ2v) is 8.17. The topological polar surface area (TPSA) is 124 Å². The summed E-state index contributed by atoms with van der Waals surface area (Å²) >= 11 is 6.05. The average molecular weight is 492 g/mol. The number of anilines is 2. The van der Waals surface area contributed by atoms with Gasteiger partial charge in [0.2, 0.25) is 5.91 Å². The molecule has 178 valence electrons. The van der Waals surface area contributed by atoms with Crippen LogP contribution in [0.3, 0.4) is 0 Å². The number of ether oxygens (including phenoxy) is 1. The number of halogens is 3. The van der Waals surface area contributed by atoms with Crippen molar-refractivity contribution in [2.45, 2.75) is 32.3 Å². The highest BCUT2D eigenvalue weighted by Crippen LogP contribution is 2.51. The second-order valence-electron chi connectivity index (χ2n) is 7.81. The van der Waals surface area contributed by atoms with Crippen LogP contribution in [0.15, 0.2) is 36.7 Å². The van der Waals surface area contributed by atoms with Crippen LogP contribution in [0.25, 0.3) is 11.4 Å². The standard InChI is InChI=1S/C21H20ClF2N7O3/c1-11(13-4-3-9-25-16(13)22)34-20(33)28-17-15(29-30-31(17)2)14-6-5-12(10-26-14)27-19(32)21(7-8-21)18(23)24/h3-6,9-11,18H,7-8H2,1-2H3,(H,27,32)(H,28,33)/t11-/m1/s1. The van der Waals surface area contributed by atoms with E-state index in [0.717, 1.165) is 0 Å². The number of carbonyl (C=O) groups excluding carboxylic acids is 2. The summed E-state index contributed by atoms with van der Waals surface area (Å²) in [5, 5.41) is 13.2. The molecule has 0 bridgehead atoms. The summed E-state index contributed by atoms with van der Waals surface area (Å²) in [5.41, 5.74) is -0.226. The van der Waals surface area contributed by atoms with Crippen molar-refractivity contribution in [1.29, 1.82) is 0 Å². The van der Waals surface area contributed by atoms with E-state index in [2.05, 4.69) is 30.9 Å². The zero-order valence-electron chi connectivity index (χ0n) is 18.1. The number of hydrogen-bond acceptors (Lipinski definition) is 7. The van der Waals surface area contributed by atoms with Crippen LogP contribution in [0, 0.1) is 5.41 Å². The van der Waals surface area contributed by atoms with Gasteiger partial charge in [-0.2, -0.15) is 0 Å². The van der Waals surface area contributed by atoms with Gasteiger partial charge in [-0.1, -0.05) is 22.9 Å². The highest BCUT2D eigenvalue weighted by atomic mass is 35.5. The van der Waals surface area contributed by atoms with Crippen LogP contribution in [0.1, 0.15) is 31.4 Å². The lowest BCUT2D eigenvalue weighted by molar-refractivity contribution is -0.126. The minimum absolute atomic E-state index is 0.151. The van der Waals surface area contributed by atoms with Crippen LogP contribution in [0.4, 0.5) is 25.1 Å². The van der Waals surface area contributed by atoms with Crippen LogP contribution >= 0.6 is 11.6 Å². The summed E-state index contributed by atoms with van der Waals surface area (Å²) in [7, 11) is 1.57. The molecule has 4 rings (SSSR count). The molecule has 34 heavy (non-hydrogen) atoms. The molecule has 3 aromatic rings. The van der Waals surface area contributed by atoms with Crippen LogP contribution < -0.4 is 10.6 Å². The first-order valence-electron chi connectivity index (χ1n) is 10.2. The predicted octanol–water partition coefficient (Wildman–Crippen LogP) is 4.22. The average Bonchev–Trinajstić information content (AvgIpc) is 3.55. The van der Waals surface area contributed by atoms with E-state index in [1.54, 1.807) is 26.1 Å². The minimum atomic E-state index is -2.72. The molecular formula is C21H20ClF2N7O3. The molecule has 13 heteroatoms. The molecule has 2 amide bonds. The fourth-order valence-electron chi connectivity index (χ4n) is 3.26. The van der Waals surface area contributed by atoms with Crippen molar-refractivity contribution in [2.75, 3.05) is 10.6 Å². The first-order valence-corrected chi connectivity index (χ1v) is 10.6. The van der Waals surface area contributed by atoms with Crippen molar-refractivity contribution < 1.29 is 23.1 Å². The summed E-state index contributed by atoms with van der Waals surface area (Å²) in [6.07, 6.45) is -1.02. The van der Waals surface area contributed by atoms with Gasteiger partial charge in [-0.3, -0.25) is 15.1 Å². The molecule has 0 aromatic carbocycles. The zero-order chi connectivity index (χ0) is 24.5. The first-order chi connectivity index (χ1) is 16.2. The number of nitrogens with zero attached hydrogens (tertiary/aromatic N) is 5. The number of pyridine rings is 2. The maximum atomic E-state index is 13.1. The number of aromatic nitrogens is 5. The Bertz CT molecular complexity index is 1220. The predicted molar refractivity (Wildman–Crippen MR) is 118 cm³/mol. The third-order valence-corrected chi connectivity index (χ3v) is 5.80. The van der Waals surface area contributed by atoms with Crippen molar-refractivity contribution in [3.8, 4) is 11.4 Å². The molecule has 3 heterocycles. The highest BCUT2D eigenvalue weighted by molar-refractivity contribution is 6.30. The Labute approximate surface area is 197 Å². The first kappa shape index (κ1) is 23.5. The van der Waals surface area contributed by atoms with Crippen molar-refractivity contribution >= 4 is 35.1 Å². The molecule has 0 unspecified atom stereocenters. The van der Waals surface area contributed by atoms with E-state index in [1.165, 1.54) is 29.2 Å². The number of amides is 2. The Balaban J connectivity index is 1.44. The number of aryl methyl sites for hydroxylation is 1. The molecule has 0 aliphatic heterocycles. The second kappa shape index (κ2) is 9.29. The van der Waals surface area contributed by atoms with Gasteiger partial charge in [0.05, 0.1) is 17.6 Å². The fraction of sp³-hybridized carbons (Fsp3) is 0.333. The van der Waals surface area contributed by atoms with E-state index >= 15 is 0 Å². The Hall–Kier alpha value is -3.67. The number of alkyl halides is 2. The summed E-state index contributed by atoms with van der Waals surface area (Å²) < 4.78 is 32.9. The molecule has 1 atom stereocenters. The van der Waals surface area contributed by atoms with E-state index in [4.69, 9.17) is 16.3 Å². The van der Waals surface area contributed by atoms with E-state index in [9.17, 15) is 18.4 Å². The van der Waals surface area contributed by atoms with Gasteiger partial charge in [-0.25, -0.2) is 23.2 Å². The van der Waals surface area contributed by atoms with Crippen molar-refractivity contribution in [1.82, 2.24) is 25.0 Å². The van der Waals surface area contributed by atoms with Crippen molar-refractivity contribution in [3.05, 3.63) is 47.4 Å². The van der Waals surface area contributed by atoms with Gasteiger partial charge in [-0.05, 0) is 38.0 Å². The monoisotopic (exact) mass is 491 g/mol. The van der Waals surface area contributed by atoms with Gasteiger partial charge < -0.3 is 10.1 Å². The van der Waals surface area contributed by atoms with E-state index in [-0.39, 0.29) is 35.2 Å². The fourth-order valence-corrected chi connectivity index (χ4v) is 3.54. The van der Waals surface area contributed by atoms with Gasteiger partial charge in [0, 0.05) is 18.8 Å². The number of carbonyl (C=O) groups is 2. The molecule has 1 fully saturated rings. The highest BCUT2D eigenvalue weighted by Gasteiger charge is 2.57. The molecule has 2 N–H and O–H groups in total. The van der Waals surface area contributed by atoms with Gasteiger partial charge in [-0.15, -0.1) is 5.10 Å². The Kier molecular flexibility index (Phi) is 6.42. The maximum absolute atomic E-state index is 13.1. The minimum Gasteiger partial charge on any atom is -0.441 e. The SMILES string of the molecule is C[C@@H](OC(=O)Nc1c(-c2ccc(NC(=O)C3(C(F)F)CC3)cn2)nnn1C)c1cccnc1Cl. The largest absolute Gasteiger partial charge is 0.441 e. The Morgan fingerprint density at radius 2 is 1.97 bits per heavy atom. The van der Waals surface area contributed by atoms with Gasteiger partial charge >= 0.3 is 6.09 Å². The lowest BCUT2D eigenvalue weighted by Gasteiger charge is -2.15. The van der Waals surface area contributed by atoms with E-state index < -0.39 is 29.9 Å². The maximum Gasteiger partial charge on any atom is 0.413 e. The van der Waals surface area contributed by atoms with Gasteiger partial charge in [0.25, 0.3) is 6.43 Å². The summed E-state index contributed by atoms with van der Waals surface area (Å²) in [5.74, 6) is -0.516. The molecule has 0 spiro atoms. The summed E-state index contributed by atoms with van der Waals surface area (Å²) in [6.45, 7) is 1.65. The lowest BCUT2D eigenvalue weighted by atomic mass is 10.1. The number of nitrogens with one attached hydrogen (secondary N) is 2. The van der Waals surface area contributed by atoms with Gasteiger partial charge in [0.15, 0.2) is 11.5 Å². The van der Waals surface area contributed by atoms with Crippen LogP contribution in [0.2, 0.25) is 5.15 Å². The third-order valence-electron chi connectivity index (χ3n) is 5.48. The Morgan fingerprint density at radius 1 is 1.21 bits per heavy atom. The van der Waals surface area contributed by atoms with Gasteiger partial charge in [0.1, 0.15) is 16.7 Å². The molecule has 1 aliphatic carbocycles. The van der Waals surface area contributed by atoms with E-state index in [0.29, 0.717) is 11.3 Å². The van der Waals surface area contributed by atoms with Crippen LogP contribution in [-0.2, 0) is 16.6 Å². The smallest absolute Gasteiger partial charge is 0.413 e. The van der Waals surface area contributed by atoms with Crippen LogP contribution in [0.5, 0.6) is 0 Å². The molecule has 0 saturated heterocycles. The normalized spacial score (nSPS) is 15.0. The van der Waals surface area contributed by atoms with E-state index in [1.807, 2.05) is 0 Å². The molecular weight excluding hydrogens is 472 g/mol. The van der Waals surface area contributed by atoms with Crippen LogP contribution in [-0.4, -0.2) is 43.4 Å².